The van der Waals surface area contributed by atoms with Crippen molar-refractivity contribution in [3.05, 3.63) is 45.8 Å². The zero-order valence-electron chi connectivity index (χ0n) is 13.8. The van der Waals surface area contributed by atoms with Gasteiger partial charge in [0.25, 0.3) is 0 Å². The highest BCUT2D eigenvalue weighted by atomic mass is 79.9. The number of rotatable bonds is 7. The Labute approximate surface area is 151 Å². The highest BCUT2D eigenvalue weighted by Gasteiger charge is 2.29. The lowest BCUT2D eigenvalue weighted by Gasteiger charge is -2.29. The van der Waals surface area contributed by atoms with Crippen LogP contribution in [0.2, 0.25) is 0 Å². The van der Waals surface area contributed by atoms with E-state index < -0.39 is 0 Å². The van der Waals surface area contributed by atoms with Crippen LogP contribution in [0.25, 0.3) is 0 Å². The van der Waals surface area contributed by atoms with E-state index in [1.165, 1.54) is 12.8 Å². The van der Waals surface area contributed by atoms with E-state index in [0.717, 1.165) is 22.3 Å². The van der Waals surface area contributed by atoms with Gasteiger partial charge in [0.15, 0.2) is 0 Å². The quantitative estimate of drug-likeness (QED) is 0.484. The number of nitrogens with one attached hydrogen (secondary N) is 1. The average molecular weight is 394 g/mol. The molecule has 1 fully saturated rings. The number of hydrazine groups is 1. The predicted molar refractivity (Wildman–Crippen MR) is 97.9 cm³/mol. The minimum absolute atomic E-state index is 0.186. The van der Waals surface area contributed by atoms with E-state index in [2.05, 4.69) is 26.2 Å². The summed E-state index contributed by atoms with van der Waals surface area (Å²) in [6.07, 6.45) is 6.81. The fraction of sp³-hybridized carbons (Fsp3) is 0.471. The predicted octanol–water partition coefficient (Wildman–Crippen LogP) is 1.99. The average Bonchev–Trinajstić information content (AvgIpc) is 3.38. The molecule has 0 aromatic carbocycles. The number of pyridine rings is 1. The van der Waals surface area contributed by atoms with E-state index in [4.69, 9.17) is 16.3 Å². The second kappa shape index (κ2) is 7.55. The molecule has 0 spiro atoms. The number of nitrogens with zero attached hydrogens (tertiary/aromatic N) is 2. The van der Waals surface area contributed by atoms with Crippen LogP contribution >= 0.6 is 15.9 Å². The summed E-state index contributed by atoms with van der Waals surface area (Å²) in [5.74, 6) is 7.50. The fourth-order valence-electron chi connectivity index (χ4n) is 2.77. The minimum atomic E-state index is -0.186. The molecule has 2 aliphatic carbocycles. The molecule has 1 unspecified atom stereocenters. The summed E-state index contributed by atoms with van der Waals surface area (Å²) in [6.45, 7) is 1.55. The summed E-state index contributed by atoms with van der Waals surface area (Å²) < 4.78 is 6.93. The molecule has 1 heterocycles. The third-order valence-electron chi connectivity index (χ3n) is 4.27. The molecular formula is C17H24BrN5O. The van der Waals surface area contributed by atoms with Gasteiger partial charge in [-0.3, -0.25) is 0 Å². The molecule has 2 aliphatic rings. The Kier molecular flexibility index (Phi) is 5.43. The van der Waals surface area contributed by atoms with Crippen molar-refractivity contribution in [3.63, 3.8) is 0 Å². The summed E-state index contributed by atoms with van der Waals surface area (Å²) in [5.41, 5.74) is 8.83. The first-order valence-corrected chi connectivity index (χ1v) is 9.02. The van der Waals surface area contributed by atoms with Gasteiger partial charge in [0.05, 0.1) is 15.9 Å². The van der Waals surface area contributed by atoms with Gasteiger partial charge in [0.2, 0.25) is 5.88 Å². The standard InChI is InChI=1S/C17H24BrN5O/c1-21-9-12-3-2-8-22-17(12)24-14-7-6-13(16(19)15(14)18)23(20)10-11-4-5-11/h2-3,6,8,11,14,21H,4-5,7,9-10,19-20H2,1H3. The molecule has 7 heteroatoms. The highest BCUT2D eigenvalue weighted by Crippen LogP contribution is 2.34. The van der Waals surface area contributed by atoms with Crippen LogP contribution in [0.3, 0.4) is 0 Å². The minimum Gasteiger partial charge on any atom is -0.468 e. The fourth-order valence-corrected chi connectivity index (χ4v) is 3.25. The smallest absolute Gasteiger partial charge is 0.218 e. The molecule has 6 nitrogen and oxygen atoms in total. The molecular weight excluding hydrogens is 370 g/mol. The van der Waals surface area contributed by atoms with Crippen LogP contribution < -0.4 is 21.6 Å². The van der Waals surface area contributed by atoms with Gasteiger partial charge in [0, 0.05) is 31.3 Å². The van der Waals surface area contributed by atoms with Gasteiger partial charge in [0.1, 0.15) is 6.10 Å². The Hall–Kier alpha value is -1.57. The summed E-state index contributed by atoms with van der Waals surface area (Å²) in [5, 5.41) is 4.89. The zero-order chi connectivity index (χ0) is 17.1. The third-order valence-corrected chi connectivity index (χ3v) is 5.21. The van der Waals surface area contributed by atoms with Crippen molar-refractivity contribution in [2.75, 3.05) is 13.6 Å². The molecule has 1 aromatic heterocycles. The summed E-state index contributed by atoms with van der Waals surface area (Å²) in [4.78, 5) is 4.35. The van der Waals surface area contributed by atoms with Crippen molar-refractivity contribution < 1.29 is 4.74 Å². The van der Waals surface area contributed by atoms with Gasteiger partial charge in [-0.15, -0.1) is 0 Å². The van der Waals surface area contributed by atoms with E-state index in [-0.39, 0.29) is 6.10 Å². The molecule has 3 rings (SSSR count). The normalized spacial score (nSPS) is 20.8. The molecule has 130 valence electrons. The van der Waals surface area contributed by atoms with E-state index in [0.29, 0.717) is 30.5 Å². The van der Waals surface area contributed by atoms with Gasteiger partial charge in [-0.25, -0.2) is 10.8 Å². The Bertz CT molecular complexity index is 656. The van der Waals surface area contributed by atoms with Crippen molar-refractivity contribution in [1.29, 1.82) is 0 Å². The number of ether oxygens (including phenoxy) is 1. The van der Waals surface area contributed by atoms with Crippen LogP contribution in [0.4, 0.5) is 0 Å². The van der Waals surface area contributed by atoms with Gasteiger partial charge in [-0.1, -0.05) is 12.1 Å². The molecule has 0 aliphatic heterocycles. The van der Waals surface area contributed by atoms with E-state index >= 15 is 0 Å². The van der Waals surface area contributed by atoms with Crippen molar-refractivity contribution in [3.8, 4) is 5.88 Å². The SMILES string of the molecule is CNCc1cccnc1OC1CC=C(N(N)CC2CC2)C(N)=C1Br. The van der Waals surface area contributed by atoms with Gasteiger partial charge >= 0.3 is 0 Å². The molecule has 5 N–H and O–H groups in total. The lowest BCUT2D eigenvalue weighted by molar-refractivity contribution is 0.230. The van der Waals surface area contributed by atoms with Crippen LogP contribution in [-0.2, 0) is 6.54 Å². The first-order valence-electron chi connectivity index (χ1n) is 8.23. The van der Waals surface area contributed by atoms with Crippen LogP contribution in [0, 0.1) is 5.92 Å². The third kappa shape index (κ3) is 3.91. The molecule has 0 bridgehead atoms. The first-order chi connectivity index (χ1) is 11.6. The van der Waals surface area contributed by atoms with Gasteiger partial charge in [-0.2, -0.15) is 0 Å². The lowest BCUT2D eigenvalue weighted by Crippen LogP contribution is -2.37. The maximum Gasteiger partial charge on any atom is 0.218 e. The maximum absolute atomic E-state index is 6.29. The van der Waals surface area contributed by atoms with Crippen molar-refractivity contribution >= 4 is 15.9 Å². The summed E-state index contributed by atoms with van der Waals surface area (Å²) in [7, 11) is 1.90. The number of halogens is 1. The number of hydrogen-bond donors (Lipinski definition) is 3. The number of aromatic nitrogens is 1. The largest absolute Gasteiger partial charge is 0.468 e. The van der Waals surface area contributed by atoms with Crippen LogP contribution in [0.5, 0.6) is 5.88 Å². The van der Waals surface area contributed by atoms with Gasteiger partial charge < -0.3 is 20.8 Å². The van der Waals surface area contributed by atoms with Crippen LogP contribution in [-0.4, -0.2) is 29.7 Å². The number of nitrogens with two attached hydrogens (primary N) is 2. The first kappa shape index (κ1) is 17.3. The Morgan fingerprint density at radius 3 is 2.96 bits per heavy atom. The van der Waals surface area contributed by atoms with Gasteiger partial charge in [-0.05, 0) is 47.8 Å². The molecule has 1 atom stereocenters. The maximum atomic E-state index is 6.29. The topological polar surface area (TPSA) is 89.4 Å². The van der Waals surface area contributed by atoms with Crippen LogP contribution in [0.15, 0.2) is 40.3 Å². The van der Waals surface area contributed by atoms with E-state index in [1.807, 2.05) is 25.3 Å². The molecule has 24 heavy (non-hydrogen) atoms. The second-order valence-corrected chi connectivity index (χ2v) is 7.14. The lowest BCUT2D eigenvalue weighted by atomic mass is 10.1. The molecule has 0 radical (unpaired) electrons. The summed E-state index contributed by atoms with van der Waals surface area (Å²) >= 11 is 3.59. The van der Waals surface area contributed by atoms with Crippen LogP contribution in [0.1, 0.15) is 24.8 Å². The Balaban J connectivity index is 1.72. The van der Waals surface area contributed by atoms with Crippen molar-refractivity contribution in [2.45, 2.75) is 31.9 Å². The monoisotopic (exact) mass is 393 g/mol. The van der Waals surface area contributed by atoms with E-state index in [1.54, 1.807) is 11.2 Å². The Morgan fingerprint density at radius 1 is 1.46 bits per heavy atom. The van der Waals surface area contributed by atoms with E-state index in [9.17, 15) is 0 Å². The zero-order valence-corrected chi connectivity index (χ0v) is 15.4. The molecule has 1 aromatic rings. The summed E-state index contributed by atoms with van der Waals surface area (Å²) in [6, 6.07) is 3.91. The highest BCUT2D eigenvalue weighted by molar-refractivity contribution is 9.11. The molecule has 1 saturated carbocycles. The second-order valence-electron chi connectivity index (χ2n) is 6.29. The van der Waals surface area contributed by atoms with Crippen molar-refractivity contribution in [1.82, 2.24) is 15.3 Å². The Morgan fingerprint density at radius 2 is 2.25 bits per heavy atom. The number of hydrogen-bond acceptors (Lipinski definition) is 6. The molecule has 0 amide bonds. The van der Waals surface area contributed by atoms with Crippen molar-refractivity contribution in [2.24, 2.45) is 17.5 Å². The molecule has 0 saturated heterocycles.